The zero-order valence-corrected chi connectivity index (χ0v) is 28.0. The number of hydrogen-bond acceptors (Lipinski definition) is 13. The second kappa shape index (κ2) is 9.99. The Bertz CT molecular complexity index is 1460. The number of aliphatic hydroxyl groups excluding tert-OH is 2. The van der Waals surface area contributed by atoms with Crippen LogP contribution >= 0.6 is 0 Å². The summed E-state index contributed by atoms with van der Waals surface area (Å²) in [5.41, 5.74) is 1.30. The first kappa shape index (κ1) is 32.9. The molecule has 13 heteroatoms. The number of carbonyl (C=O) groups is 4. The van der Waals surface area contributed by atoms with Crippen molar-refractivity contribution in [1.82, 2.24) is 0 Å². The highest BCUT2D eigenvalue weighted by atomic mass is 16.6. The van der Waals surface area contributed by atoms with Crippen molar-refractivity contribution >= 4 is 23.9 Å². The van der Waals surface area contributed by atoms with Gasteiger partial charge in [-0.05, 0) is 50.0 Å². The molecule has 0 aromatic rings. The number of ether oxygens (including phenoxy) is 5. The van der Waals surface area contributed by atoms with E-state index in [0.717, 1.165) is 0 Å². The molecule has 0 radical (unpaired) electrons. The van der Waals surface area contributed by atoms with Gasteiger partial charge < -0.3 is 44.7 Å². The van der Waals surface area contributed by atoms with Crippen molar-refractivity contribution in [2.24, 2.45) is 63.4 Å². The molecule has 4 saturated carbocycles. The minimum absolute atomic E-state index is 0.232. The fraction of sp³-hybridized carbons (Fsp3) is 0.824. The Hall–Kier alpha value is -2.58. The summed E-state index contributed by atoms with van der Waals surface area (Å²) in [6.07, 6.45) is -4.05. The van der Waals surface area contributed by atoms with Gasteiger partial charge >= 0.3 is 23.9 Å². The Morgan fingerprint density at radius 3 is 2.06 bits per heavy atom. The molecule has 7 rings (SSSR count). The topological polar surface area (TPSA) is 204 Å². The van der Waals surface area contributed by atoms with Crippen molar-refractivity contribution in [3.63, 3.8) is 0 Å². The van der Waals surface area contributed by atoms with Crippen LogP contribution in [-0.4, -0.2) is 93.6 Å². The zero-order chi connectivity index (χ0) is 34.5. The summed E-state index contributed by atoms with van der Waals surface area (Å²) in [6, 6.07) is -0.840. The average Bonchev–Trinajstić information content (AvgIpc) is 3.65. The predicted octanol–water partition coefficient (Wildman–Crippen LogP) is 0.600. The average molecular weight is 662 g/mol. The van der Waals surface area contributed by atoms with Crippen molar-refractivity contribution < 1.29 is 58.2 Å². The summed E-state index contributed by atoms with van der Waals surface area (Å²) in [5, 5.41) is 36.8. The van der Waals surface area contributed by atoms with Crippen molar-refractivity contribution in [1.29, 1.82) is 0 Å². The molecule has 5 N–H and O–H groups in total. The molecular weight excluding hydrogens is 614 g/mol. The quantitative estimate of drug-likeness (QED) is 0.186. The van der Waals surface area contributed by atoms with Gasteiger partial charge in [0.2, 0.25) is 0 Å². The summed E-state index contributed by atoms with van der Waals surface area (Å²) >= 11 is 0. The van der Waals surface area contributed by atoms with Gasteiger partial charge in [0, 0.05) is 55.4 Å². The molecule has 19 atom stereocenters. The Morgan fingerprint density at radius 2 is 1.47 bits per heavy atom. The first-order valence-electron chi connectivity index (χ1n) is 16.7. The molecule has 0 aromatic carbocycles. The van der Waals surface area contributed by atoms with Crippen LogP contribution in [0.5, 0.6) is 0 Å². The summed E-state index contributed by atoms with van der Waals surface area (Å²) in [6.45, 7) is 12.6. The van der Waals surface area contributed by atoms with Crippen molar-refractivity contribution in [3.05, 3.63) is 11.8 Å². The number of esters is 4. The monoisotopic (exact) mass is 661 g/mol. The third-order valence-electron chi connectivity index (χ3n) is 14.1. The van der Waals surface area contributed by atoms with E-state index in [1.807, 2.05) is 20.8 Å². The third-order valence-corrected chi connectivity index (χ3v) is 14.1. The van der Waals surface area contributed by atoms with E-state index in [4.69, 9.17) is 29.4 Å². The van der Waals surface area contributed by atoms with Crippen molar-refractivity contribution in [2.75, 3.05) is 0 Å². The van der Waals surface area contributed by atoms with Gasteiger partial charge in [-0.2, -0.15) is 0 Å². The van der Waals surface area contributed by atoms with E-state index in [1.54, 1.807) is 13.0 Å². The van der Waals surface area contributed by atoms with Crippen molar-refractivity contribution in [2.45, 2.75) is 116 Å². The fourth-order valence-corrected chi connectivity index (χ4v) is 12.3. The second-order valence-electron chi connectivity index (χ2n) is 16.1. The molecule has 2 aliphatic heterocycles. The lowest BCUT2D eigenvalue weighted by Crippen LogP contribution is -2.76. The summed E-state index contributed by atoms with van der Waals surface area (Å²) in [7, 11) is 0. The van der Waals surface area contributed by atoms with Crippen LogP contribution in [0.4, 0.5) is 0 Å². The van der Waals surface area contributed by atoms with Crippen LogP contribution < -0.4 is 5.73 Å². The number of nitrogens with two attached hydrogens (primary N) is 1. The smallest absolute Gasteiger partial charge is 0.343 e. The van der Waals surface area contributed by atoms with Crippen LogP contribution in [0.15, 0.2) is 11.8 Å². The molecule has 13 nitrogen and oxygen atoms in total. The van der Waals surface area contributed by atoms with Crippen LogP contribution in [0.25, 0.3) is 0 Å². The van der Waals surface area contributed by atoms with E-state index in [-0.39, 0.29) is 17.8 Å². The maximum absolute atomic E-state index is 13.1. The molecule has 2 heterocycles. The highest BCUT2D eigenvalue weighted by molar-refractivity contribution is 5.85. The molecule has 47 heavy (non-hydrogen) atoms. The van der Waals surface area contributed by atoms with Gasteiger partial charge in [0.25, 0.3) is 0 Å². The first-order valence-corrected chi connectivity index (χ1v) is 16.7. The molecule has 7 aliphatic rings. The Morgan fingerprint density at radius 1 is 0.872 bits per heavy atom. The minimum atomic E-state index is -2.01. The van der Waals surface area contributed by atoms with Crippen LogP contribution in [0.2, 0.25) is 0 Å². The minimum Gasteiger partial charge on any atom is -0.459 e. The van der Waals surface area contributed by atoms with Gasteiger partial charge in [-0.1, -0.05) is 20.8 Å². The van der Waals surface area contributed by atoms with Crippen LogP contribution in [0.1, 0.15) is 61.8 Å². The number of hydrogen-bond donors (Lipinski definition) is 4. The molecule has 0 bridgehead atoms. The van der Waals surface area contributed by atoms with Gasteiger partial charge in [0.1, 0.15) is 30.2 Å². The Labute approximate surface area is 273 Å². The third kappa shape index (κ3) is 3.89. The highest BCUT2D eigenvalue weighted by Crippen LogP contribution is 2.75. The SMILES string of the molecule is CC(=O)O[C@H]1[C@H]2[C@@H]([C@@H](O)[C@H](N)[C@H]3C[C@@H]4O[C@@H]4[C@H](OC(C)=O)[C@]23C)[C@@H]2[C@@H](O)[C@@H]3[C@H]([C@H](C)C=C4OC(=O)[C@@](C)(O)[C@@]43C)[C@@]2(C)[C@H]1OC(C)=O. The van der Waals surface area contributed by atoms with Gasteiger partial charge in [0.05, 0.1) is 23.7 Å². The summed E-state index contributed by atoms with van der Waals surface area (Å²) in [5.74, 6) is -7.12. The zero-order valence-electron chi connectivity index (χ0n) is 28.0. The molecule has 5 aliphatic carbocycles. The lowest BCUT2D eigenvalue weighted by atomic mass is 9.40. The van der Waals surface area contributed by atoms with Crippen LogP contribution in [0.3, 0.4) is 0 Å². The number of rotatable bonds is 3. The van der Waals surface area contributed by atoms with Crippen LogP contribution in [-0.2, 0) is 42.9 Å². The number of carbonyl (C=O) groups excluding carboxylic acids is 4. The van der Waals surface area contributed by atoms with E-state index in [1.165, 1.54) is 27.7 Å². The second-order valence-corrected chi connectivity index (χ2v) is 16.1. The van der Waals surface area contributed by atoms with Gasteiger partial charge in [-0.3, -0.25) is 14.4 Å². The van der Waals surface area contributed by atoms with Gasteiger partial charge in [-0.25, -0.2) is 4.79 Å². The van der Waals surface area contributed by atoms with E-state index >= 15 is 0 Å². The normalized spacial score (nSPS) is 56.6. The largest absolute Gasteiger partial charge is 0.459 e. The molecule has 0 spiro atoms. The van der Waals surface area contributed by atoms with E-state index < -0.39 is 124 Å². The van der Waals surface area contributed by atoms with Crippen molar-refractivity contribution in [3.8, 4) is 0 Å². The highest BCUT2D eigenvalue weighted by Gasteiger charge is 2.82. The number of epoxide rings is 1. The molecule has 0 amide bonds. The summed E-state index contributed by atoms with van der Waals surface area (Å²) in [4.78, 5) is 51.6. The maximum atomic E-state index is 13.1. The van der Waals surface area contributed by atoms with E-state index in [2.05, 4.69) is 0 Å². The summed E-state index contributed by atoms with van der Waals surface area (Å²) < 4.78 is 30.0. The van der Waals surface area contributed by atoms with E-state index in [9.17, 15) is 34.5 Å². The molecule has 260 valence electrons. The predicted molar refractivity (Wildman–Crippen MR) is 159 cm³/mol. The maximum Gasteiger partial charge on any atom is 0.343 e. The lowest BCUT2D eigenvalue weighted by molar-refractivity contribution is -0.284. The van der Waals surface area contributed by atoms with E-state index in [0.29, 0.717) is 6.42 Å². The molecule has 0 aromatic heterocycles. The standard InChI is InChI=1S/C34H47NO12/c1-11-9-17-33(7,34(8,42)30(41)47-17)22-19(11)32(6)20(25(22)40)18-21(27(43-12(2)36)29(32)45-14(4)38)31(5)15(23(35)24(18)39)10-16-26(46-16)28(31)44-13(3)37/h9,11,15-16,18-29,39-40,42H,10,35H2,1-8H3/t11-,15-,16+,18+,19+,20-,21-,22+,23-,24-,25-,26+,27+,28+,29+,31+,32-,33+,34-/m1/s1. The molecule has 6 fully saturated rings. The molecule has 0 unspecified atom stereocenters. The first-order chi connectivity index (χ1) is 21.7. The van der Waals surface area contributed by atoms with Crippen LogP contribution in [0, 0.1) is 57.7 Å². The lowest BCUT2D eigenvalue weighted by Gasteiger charge is -2.67. The number of aliphatic hydroxyl groups is 3. The molecule has 2 saturated heterocycles. The number of allylic oxidation sites excluding steroid dienone is 1. The fourth-order valence-electron chi connectivity index (χ4n) is 12.3. The van der Waals surface area contributed by atoms with Gasteiger partial charge in [0.15, 0.2) is 5.60 Å². The van der Waals surface area contributed by atoms with Gasteiger partial charge in [-0.15, -0.1) is 0 Å². The number of fused-ring (bicyclic) bond motifs is 10. The molecular formula is C34H47NO12. The Kier molecular flexibility index (Phi) is 7.00. The Balaban J connectivity index is 1.49.